The lowest BCUT2D eigenvalue weighted by Gasteiger charge is -2.13. The minimum absolute atomic E-state index is 0.0431. The molecule has 0 aliphatic heterocycles. The molecule has 0 aliphatic carbocycles. The molecule has 0 saturated heterocycles. The summed E-state index contributed by atoms with van der Waals surface area (Å²) in [7, 11) is 0. The second kappa shape index (κ2) is 5.79. The van der Waals surface area contributed by atoms with Crippen molar-refractivity contribution in [2.45, 2.75) is 0 Å². The number of benzene rings is 1. The highest BCUT2D eigenvalue weighted by atomic mass is 79.9. The molecule has 0 fully saturated rings. The first-order chi connectivity index (χ1) is 7.82. The van der Waals surface area contributed by atoms with E-state index in [1.807, 2.05) is 0 Å². The summed E-state index contributed by atoms with van der Waals surface area (Å²) in [5.74, 6) is -1.65. The van der Waals surface area contributed by atoms with Gasteiger partial charge in [0, 0.05) is 17.9 Å². The number of hydrogen-bond donors (Lipinski definition) is 3. The number of carbonyl (C=O) groups is 2. The van der Waals surface area contributed by atoms with Gasteiger partial charge in [-0.25, -0.2) is 5.48 Å². The second-order valence-electron chi connectivity index (χ2n) is 2.81. The Morgan fingerprint density at radius 3 is 1.71 bits per heavy atom. The lowest BCUT2D eigenvalue weighted by atomic mass is 10.1. The van der Waals surface area contributed by atoms with Gasteiger partial charge in [-0.05, 0) is 63.7 Å². The van der Waals surface area contributed by atoms with E-state index in [0.29, 0.717) is 17.9 Å². The van der Waals surface area contributed by atoms with Crippen LogP contribution < -0.4 is 11.2 Å². The van der Waals surface area contributed by atoms with Crippen molar-refractivity contribution < 1.29 is 14.8 Å². The molecule has 0 unspecified atom stereocenters. The quantitative estimate of drug-likeness (QED) is 0.255. The van der Waals surface area contributed by atoms with Crippen molar-refractivity contribution in [3.05, 3.63) is 29.0 Å². The summed E-state index contributed by atoms with van der Waals surface area (Å²) in [6, 6.07) is 0. The van der Waals surface area contributed by atoms with Crippen LogP contribution in [0.25, 0.3) is 0 Å². The van der Waals surface area contributed by atoms with Gasteiger partial charge in [0.05, 0.1) is 11.1 Å². The number of primary amides is 1. The maximum atomic E-state index is 11.5. The molecule has 1 aromatic carbocycles. The Kier molecular flexibility index (Phi) is 5.14. The van der Waals surface area contributed by atoms with E-state index in [2.05, 4.69) is 63.7 Å². The average Bonchev–Trinajstić information content (AvgIpc) is 2.29. The van der Waals surface area contributed by atoms with Crippen molar-refractivity contribution in [2.24, 2.45) is 5.73 Å². The fourth-order valence-corrected chi connectivity index (χ4v) is 3.63. The van der Waals surface area contributed by atoms with Gasteiger partial charge in [0.2, 0.25) is 0 Å². The molecule has 0 aromatic heterocycles. The molecular formula is C8H4Br4N2O3. The molecule has 1 rings (SSSR count). The maximum Gasteiger partial charge on any atom is 0.276 e. The third-order valence-corrected chi connectivity index (χ3v) is 6.61. The number of hydrogen-bond acceptors (Lipinski definition) is 3. The third kappa shape index (κ3) is 2.73. The summed E-state index contributed by atoms with van der Waals surface area (Å²) in [6.45, 7) is 0. The Balaban J connectivity index is 3.78. The van der Waals surface area contributed by atoms with Gasteiger partial charge in [-0.15, -0.1) is 0 Å². The van der Waals surface area contributed by atoms with Crippen LogP contribution in [-0.2, 0) is 0 Å². The molecule has 2 amide bonds. The number of halogens is 4. The molecule has 0 radical (unpaired) electrons. The van der Waals surface area contributed by atoms with Crippen LogP contribution in [0.1, 0.15) is 20.7 Å². The molecule has 17 heavy (non-hydrogen) atoms. The minimum atomic E-state index is -0.848. The molecular weight excluding hydrogens is 492 g/mol. The summed E-state index contributed by atoms with van der Waals surface area (Å²) in [6.07, 6.45) is 0. The number of carbonyl (C=O) groups excluding carboxylic acids is 2. The highest BCUT2D eigenvalue weighted by molar-refractivity contribution is 9.15. The van der Waals surface area contributed by atoms with Crippen molar-refractivity contribution in [2.75, 3.05) is 0 Å². The van der Waals surface area contributed by atoms with Crippen LogP contribution in [0, 0.1) is 0 Å². The van der Waals surface area contributed by atoms with Crippen LogP contribution >= 0.6 is 63.7 Å². The van der Waals surface area contributed by atoms with Gasteiger partial charge in [-0.2, -0.15) is 0 Å². The number of rotatable bonds is 2. The zero-order valence-corrected chi connectivity index (χ0v) is 14.2. The molecule has 92 valence electrons. The first-order valence-electron chi connectivity index (χ1n) is 3.93. The molecule has 0 atom stereocenters. The molecule has 5 nitrogen and oxygen atoms in total. The molecule has 4 N–H and O–H groups in total. The lowest BCUT2D eigenvalue weighted by molar-refractivity contribution is 0.0701. The summed E-state index contributed by atoms with van der Waals surface area (Å²) in [5.41, 5.74) is 6.56. The fraction of sp³-hybridized carbons (Fsp3) is 0. The lowest BCUT2D eigenvalue weighted by Crippen LogP contribution is -2.25. The number of amides is 2. The van der Waals surface area contributed by atoms with Gasteiger partial charge < -0.3 is 5.73 Å². The number of hydroxylamine groups is 1. The highest BCUT2D eigenvalue weighted by Gasteiger charge is 2.26. The largest absolute Gasteiger partial charge is 0.366 e. The Labute approximate surface area is 130 Å². The number of nitrogens with two attached hydrogens (primary N) is 1. The number of nitrogens with one attached hydrogen (secondary N) is 1. The summed E-state index contributed by atoms with van der Waals surface area (Å²) < 4.78 is 1.65. The van der Waals surface area contributed by atoms with Crippen LogP contribution in [0.2, 0.25) is 0 Å². The van der Waals surface area contributed by atoms with Crippen molar-refractivity contribution in [3.8, 4) is 0 Å². The average molecular weight is 496 g/mol. The van der Waals surface area contributed by atoms with E-state index < -0.39 is 11.8 Å². The first-order valence-corrected chi connectivity index (χ1v) is 7.10. The second-order valence-corrected chi connectivity index (χ2v) is 5.98. The topological polar surface area (TPSA) is 92.4 Å². The van der Waals surface area contributed by atoms with Gasteiger partial charge in [-0.3, -0.25) is 14.8 Å². The summed E-state index contributed by atoms with van der Waals surface area (Å²) in [4.78, 5) is 22.9. The molecule has 1 aromatic rings. The van der Waals surface area contributed by atoms with Gasteiger partial charge >= 0.3 is 0 Å². The predicted molar refractivity (Wildman–Crippen MR) is 75.0 cm³/mol. The van der Waals surface area contributed by atoms with E-state index in [0.717, 1.165) is 0 Å². The van der Waals surface area contributed by atoms with E-state index in [9.17, 15) is 9.59 Å². The molecule has 9 heteroatoms. The SMILES string of the molecule is NC(=O)c1c(Br)c(Br)c(Br)c(Br)c1C(=O)NO. The Hall–Kier alpha value is 0.0400. The van der Waals surface area contributed by atoms with Gasteiger partial charge in [-0.1, -0.05) is 0 Å². The van der Waals surface area contributed by atoms with Crippen molar-refractivity contribution in [1.82, 2.24) is 5.48 Å². The van der Waals surface area contributed by atoms with Crippen LogP contribution in [0.3, 0.4) is 0 Å². The van der Waals surface area contributed by atoms with E-state index in [4.69, 9.17) is 10.9 Å². The standard InChI is InChI=1S/C8H4Br4N2O3/c9-3-1(7(13)15)2(8(16)14-17)4(10)6(12)5(3)11/h17H,(H2,13,15)(H,14,16). The van der Waals surface area contributed by atoms with Crippen LogP contribution in [-0.4, -0.2) is 17.0 Å². The molecule has 0 aliphatic rings. The smallest absolute Gasteiger partial charge is 0.276 e. The summed E-state index contributed by atoms with van der Waals surface area (Å²) >= 11 is 12.8. The normalized spacial score (nSPS) is 10.2. The Bertz CT molecular complexity index is 518. The van der Waals surface area contributed by atoms with E-state index >= 15 is 0 Å². The van der Waals surface area contributed by atoms with E-state index in [-0.39, 0.29) is 11.1 Å². The predicted octanol–water partition coefficient (Wildman–Crippen LogP) is 2.95. The maximum absolute atomic E-state index is 11.5. The van der Waals surface area contributed by atoms with E-state index in [1.54, 1.807) is 0 Å². The van der Waals surface area contributed by atoms with Gasteiger partial charge in [0.15, 0.2) is 0 Å². The van der Waals surface area contributed by atoms with Crippen molar-refractivity contribution >= 4 is 75.5 Å². The Morgan fingerprint density at radius 2 is 1.35 bits per heavy atom. The summed E-state index contributed by atoms with van der Waals surface area (Å²) in [5, 5.41) is 8.66. The highest BCUT2D eigenvalue weighted by Crippen LogP contribution is 2.41. The molecule has 0 saturated carbocycles. The zero-order chi connectivity index (χ0) is 13.3. The minimum Gasteiger partial charge on any atom is -0.366 e. The van der Waals surface area contributed by atoms with Crippen molar-refractivity contribution in [3.63, 3.8) is 0 Å². The molecule has 0 heterocycles. The monoisotopic (exact) mass is 492 g/mol. The zero-order valence-electron chi connectivity index (χ0n) is 7.85. The Morgan fingerprint density at radius 1 is 0.941 bits per heavy atom. The van der Waals surface area contributed by atoms with Crippen LogP contribution in [0.4, 0.5) is 0 Å². The third-order valence-electron chi connectivity index (χ3n) is 1.84. The molecule has 0 bridgehead atoms. The first kappa shape index (κ1) is 15.1. The van der Waals surface area contributed by atoms with E-state index in [1.165, 1.54) is 5.48 Å². The fourth-order valence-electron chi connectivity index (χ4n) is 1.13. The van der Waals surface area contributed by atoms with Crippen LogP contribution in [0.15, 0.2) is 17.9 Å². The van der Waals surface area contributed by atoms with Crippen LogP contribution in [0.5, 0.6) is 0 Å². The van der Waals surface area contributed by atoms with Gasteiger partial charge in [0.1, 0.15) is 0 Å². The molecule has 0 spiro atoms. The van der Waals surface area contributed by atoms with Gasteiger partial charge in [0.25, 0.3) is 11.8 Å². The van der Waals surface area contributed by atoms with Crippen molar-refractivity contribution in [1.29, 1.82) is 0 Å².